The highest BCUT2D eigenvalue weighted by molar-refractivity contribution is 7.14. The molecule has 0 unspecified atom stereocenters. The Hall–Kier alpha value is -3.59. The maximum atomic E-state index is 12.4. The van der Waals surface area contributed by atoms with Gasteiger partial charge in [0.25, 0.3) is 0 Å². The van der Waals surface area contributed by atoms with Crippen LogP contribution in [0.3, 0.4) is 0 Å². The average Bonchev–Trinajstić information content (AvgIpc) is 3.42. The number of thiazole rings is 1. The second-order valence-corrected chi connectivity index (χ2v) is 7.00. The number of rotatable bonds is 7. The highest BCUT2D eigenvalue weighted by atomic mass is 32.1. The van der Waals surface area contributed by atoms with Gasteiger partial charge in [0.05, 0.1) is 24.4 Å². The molecule has 9 heteroatoms. The quantitative estimate of drug-likeness (QED) is 0.506. The molecule has 0 aliphatic rings. The molecule has 0 spiro atoms. The predicted octanol–water partition coefficient (Wildman–Crippen LogP) is 3.37. The molecule has 0 bridgehead atoms. The van der Waals surface area contributed by atoms with Crippen molar-refractivity contribution in [3.63, 3.8) is 0 Å². The van der Waals surface area contributed by atoms with E-state index in [4.69, 9.17) is 4.74 Å². The Kier molecular flexibility index (Phi) is 5.57. The maximum absolute atomic E-state index is 12.4. The number of amides is 1. The molecular weight excluding hydrogens is 388 g/mol. The molecule has 4 rings (SSSR count). The van der Waals surface area contributed by atoms with Gasteiger partial charge in [-0.2, -0.15) is 0 Å². The van der Waals surface area contributed by atoms with Crippen molar-refractivity contribution in [1.29, 1.82) is 0 Å². The molecule has 2 aromatic carbocycles. The van der Waals surface area contributed by atoms with Crippen molar-refractivity contribution in [3.8, 4) is 22.7 Å². The number of anilines is 1. The van der Waals surface area contributed by atoms with Gasteiger partial charge in [0, 0.05) is 10.9 Å². The van der Waals surface area contributed by atoms with Crippen LogP contribution in [0.2, 0.25) is 0 Å². The minimum atomic E-state index is -0.118. The Morgan fingerprint density at radius 3 is 2.62 bits per heavy atom. The lowest BCUT2D eigenvalue weighted by molar-refractivity contribution is -0.115. The number of tetrazole rings is 1. The molecule has 0 saturated heterocycles. The van der Waals surface area contributed by atoms with Crippen LogP contribution in [0.4, 0.5) is 5.13 Å². The molecule has 2 aromatic heterocycles. The van der Waals surface area contributed by atoms with Crippen molar-refractivity contribution in [3.05, 3.63) is 65.8 Å². The largest absolute Gasteiger partial charge is 0.494 e. The Labute approximate surface area is 171 Å². The minimum absolute atomic E-state index is 0.118. The second kappa shape index (κ2) is 8.61. The van der Waals surface area contributed by atoms with Crippen molar-refractivity contribution >= 4 is 22.4 Å². The summed E-state index contributed by atoms with van der Waals surface area (Å²) in [6, 6.07) is 15.2. The Morgan fingerprint density at radius 1 is 1.14 bits per heavy atom. The third-order valence-electron chi connectivity index (χ3n) is 4.13. The van der Waals surface area contributed by atoms with E-state index >= 15 is 0 Å². The molecular formula is C20H18N6O2S. The van der Waals surface area contributed by atoms with Gasteiger partial charge in [-0.1, -0.05) is 12.1 Å². The van der Waals surface area contributed by atoms with Crippen LogP contribution in [0.1, 0.15) is 12.5 Å². The Balaban J connectivity index is 1.36. The Bertz CT molecular complexity index is 1080. The number of hydrogen-bond acceptors (Lipinski definition) is 7. The third kappa shape index (κ3) is 4.64. The molecule has 1 N–H and O–H groups in total. The van der Waals surface area contributed by atoms with E-state index in [-0.39, 0.29) is 12.3 Å². The first-order valence-corrected chi connectivity index (χ1v) is 9.90. The average molecular weight is 406 g/mol. The second-order valence-electron chi connectivity index (χ2n) is 6.14. The van der Waals surface area contributed by atoms with Gasteiger partial charge in [0.15, 0.2) is 5.13 Å². The molecule has 0 aliphatic heterocycles. The van der Waals surface area contributed by atoms with E-state index in [0.29, 0.717) is 11.7 Å². The molecule has 0 aliphatic carbocycles. The summed E-state index contributed by atoms with van der Waals surface area (Å²) in [6.45, 7) is 2.58. The normalized spacial score (nSPS) is 10.7. The lowest BCUT2D eigenvalue weighted by Gasteiger charge is -2.04. The summed E-state index contributed by atoms with van der Waals surface area (Å²) >= 11 is 1.40. The molecule has 0 radical (unpaired) electrons. The summed E-state index contributed by atoms with van der Waals surface area (Å²) in [5, 5.41) is 16.4. The molecule has 29 heavy (non-hydrogen) atoms. The number of aromatic nitrogens is 5. The highest BCUT2D eigenvalue weighted by Crippen LogP contribution is 2.26. The zero-order chi connectivity index (χ0) is 20.1. The number of carbonyl (C=O) groups excluding carboxylic acids is 1. The smallest absolute Gasteiger partial charge is 0.230 e. The summed E-state index contributed by atoms with van der Waals surface area (Å²) in [7, 11) is 0. The van der Waals surface area contributed by atoms with Crippen LogP contribution >= 0.6 is 11.3 Å². The van der Waals surface area contributed by atoms with Crippen LogP contribution in [0.25, 0.3) is 16.9 Å². The van der Waals surface area contributed by atoms with Crippen LogP contribution < -0.4 is 10.1 Å². The molecule has 0 fully saturated rings. The van der Waals surface area contributed by atoms with E-state index in [1.54, 1.807) is 4.68 Å². The number of nitrogens with one attached hydrogen (secondary N) is 1. The molecule has 146 valence electrons. The lowest BCUT2D eigenvalue weighted by Crippen LogP contribution is -2.14. The topological polar surface area (TPSA) is 94.8 Å². The van der Waals surface area contributed by atoms with Gasteiger partial charge in [-0.05, 0) is 59.3 Å². The first-order valence-electron chi connectivity index (χ1n) is 9.02. The summed E-state index contributed by atoms with van der Waals surface area (Å²) in [6.07, 6.45) is 1.78. The van der Waals surface area contributed by atoms with Gasteiger partial charge in [0.2, 0.25) is 5.91 Å². The zero-order valence-corrected chi connectivity index (χ0v) is 16.5. The van der Waals surface area contributed by atoms with Crippen LogP contribution in [0.5, 0.6) is 5.75 Å². The Morgan fingerprint density at radius 2 is 1.93 bits per heavy atom. The summed E-state index contributed by atoms with van der Waals surface area (Å²) in [5.74, 6) is 0.707. The minimum Gasteiger partial charge on any atom is -0.494 e. The van der Waals surface area contributed by atoms with E-state index in [1.165, 1.54) is 17.7 Å². The van der Waals surface area contributed by atoms with Crippen LogP contribution in [0.15, 0.2) is 60.2 Å². The summed E-state index contributed by atoms with van der Waals surface area (Å²) < 4.78 is 7.01. The number of hydrogen-bond donors (Lipinski definition) is 1. The first-order chi connectivity index (χ1) is 14.2. The van der Waals surface area contributed by atoms with E-state index in [9.17, 15) is 4.79 Å². The molecule has 8 nitrogen and oxygen atoms in total. The van der Waals surface area contributed by atoms with Gasteiger partial charge in [-0.3, -0.25) is 4.79 Å². The fraction of sp³-hybridized carbons (Fsp3) is 0.150. The molecule has 0 saturated carbocycles. The standard InChI is InChI=1S/C20H18N6O2S/c1-2-28-17-9-5-15(6-10-17)18-12-29-20(22-18)23-19(27)11-14-3-7-16(8-4-14)26-13-21-24-25-26/h3-10,12-13H,2,11H2,1H3,(H,22,23,27). The van der Waals surface area contributed by atoms with Gasteiger partial charge < -0.3 is 10.1 Å². The third-order valence-corrected chi connectivity index (χ3v) is 4.88. The maximum Gasteiger partial charge on any atom is 0.230 e. The summed E-state index contributed by atoms with van der Waals surface area (Å²) in [4.78, 5) is 16.9. The van der Waals surface area contributed by atoms with Gasteiger partial charge in [-0.25, -0.2) is 9.67 Å². The van der Waals surface area contributed by atoms with Crippen molar-refractivity contribution in [2.24, 2.45) is 0 Å². The van der Waals surface area contributed by atoms with Crippen molar-refractivity contribution < 1.29 is 9.53 Å². The van der Waals surface area contributed by atoms with Crippen LogP contribution in [-0.4, -0.2) is 37.7 Å². The number of nitrogens with zero attached hydrogens (tertiary/aromatic N) is 5. The fourth-order valence-electron chi connectivity index (χ4n) is 2.75. The molecule has 1 amide bonds. The van der Waals surface area contributed by atoms with E-state index in [1.807, 2.05) is 60.8 Å². The van der Waals surface area contributed by atoms with E-state index in [2.05, 4.69) is 25.8 Å². The number of ether oxygens (including phenoxy) is 1. The van der Waals surface area contributed by atoms with Gasteiger partial charge >= 0.3 is 0 Å². The number of carbonyl (C=O) groups is 1. The molecule has 2 heterocycles. The van der Waals surface area contributed by atoms with Crippen molar-refractivity contribution in [1.82, 2.24) is 25.2 Å². The van der Waals surface area contributed by atoms with E-state index < -0.39 is 0 Å². The lowest BCUT2D eigenvalue weighted by atomic mass is 10.1. The van der Waals surface area contributed by atoms with Crippen molar-refractivity contribution in [2.45, 2.75) is 13.3 Å². The number of benzene rings is 2. The monoisotopic (exact) mass is 406 g/mol. The molecule has 4 aromatic rings. The van der Waals surface area contributed by atoms with Crippen LogP contribution in [-0.2, 0) is 11.2 Å². The zero-order valence-electron chi connectivity index (χ0n) is 15.6. The SMILES string of the molecule is CCOc1ccc(-c2csc(NC(=O)Cc3ccc(-n4cnnn4)cc3)n2)cc1. The van der Waals surface area contributed by atoms with Crippen molar-refractivity contribution in [2.75, 3.05) is 11.9 Å². The van der Waals surface area contributed by atoms with Gasteiger partial charge in [-0.15, -0.1) is 16.4 Å². The first kappa shape index (κ1) is 18.8. The predicted molar refractivity (Wildman–Crippen MR) is 110 cm³/mol. The summed E-state index contributed by atoms with van der Waals surface area (Å²) in [5.41, 5.74) is 3.52. The van der Waals surface area contributed by atoms with E-state index in [0.717, 1.165) is 28.3 Å². The highest BCUT2D eigenvalue weighted by Gasteiger charge is 2.09. The fourth-order valence-corrected chi connectivity index (χ4v) is 3.48. The van der Waals surface area contributed by atoms with Crippen LogP contribution in [0, 0.1) is 0 Å². The molecule has 0 atom stereocenters. The van der Waals surface area contributed by atoms with Gasteiger partial charge in [0.1, 0.15) is 12.1 Å².